The number of hydrogen-bond donors (Lipinski definition) is 1. The minimum atomic E-state index is -0.376. The Morgan fingerprint density at radius 3 is 2.80 bits per heavy atom. The monoisotopic (exact) mass is 214 g/mol. The van der Waals surface area contributed by atoms with E-state index in [1.807, 2.05) is 18.7 Å². The van der Waals surface area contributed by atoms with E-state index >= 15 is 0 Å². The molecule has 1 amide bonds. The number of carbonyl (C=O) groups excluding carboxylic acids is 1. The zero-order valence-electron chi connectivity index (χ0n) is 9.95. The molecule has 1 rings (SSSR count). The largest absolute Gasteiger partial charge is 0.378 e. The molecule has 15 heavy (non-hydrogen) atoms. The number of nitrogens with two attached hydrogens (primary N) is 1. The van der Waals surface area contributed by atoms with Crippen LogP contribution in [0.15, 0.2) is 0 Å². The Balaban J connectivity index is 2.53. The molecule has 1 unspecified atom stereocenters. The molecule has 0 saturated carbocycles. The maximum Gasteiger partial charge on any atom is 0.225 e. The zero-order chi connectivity index (χ0) is 11.5. The first-order valence-electron chi connectivity index (χ1n) is 5.55. The summed E-state index contributed by atoms with van der Waals surface area (Å²) in [5.41, 5.74) is 5.26. The van der Waals surface area contributed by atoms with E-state index in [1.165, 1.54) is 0 Å². The third kappa shape index (κ3) is 3.18. The van der Waals surface area contributed by atoms with Crippen LogP contribution in [0, 0.1) is 0 Å². The number of hydrogen-bond acceptors (Lipinski definition) is 3. The maximum absolute atomic E-state index is 12.0. The topological polar surface area (TPSA) is 55.6 Å². The van der Waals surface area contributed by atoms with Gasteiger partial charge in [-0.15, -0.1) is 0 Å². The number of rotatable bonds is 4. The number of methoxy groups -OCH3 is 1. The first-order chi connectivity index (χ1) is 7.00. The molecule has 1 atom stereocenters. The van der Waals surface area contributed by atoms with Gasteiger partial charge in [0.05, 0.1) is 12.0 Å². The molecule has 4 nitrogen and oxygen atoms in total. The Morgan fingerprint density at radius 2 is 2.27 bits per heavy atom. The first-order valence-corrected chi connectivity index (χ1v) is 5.55. The number of amides is 1. The van der Waals surface area contributed by atoms with Crippen LogP contribution in [0.25, 0.3) is 0 Å². The van der Waals surface area contributed by atoms with Crippen molar-refractivity contribution in [2.45, 2.75) is 44.8 Å². The second-order valence-electron chi connectivity index (χ2n) is 4.76. The summed E-state index contributed by atoms with van der Waals surface area (Å²) in [6, 6.07) is 0.241. The van der Waals surface area contributed by atoms with E-state index in [1.54, 1.807) is 7.11 Å². The van der Waals surface area contributed by atoms with Gasteiger partial charge in [-0.2, -0.15) is 0 Å². The lowest BCUT2D eigenvalue weighted by Gasteiger charge is -2.28. The second-order valence-corrected chi connectivity index (χ2v) is 4.76. The van der Waals surface area contributed by atoms with Gasteiger partial charge in [0, 0.05) is 26.2 Å². The molecule has 0 aliphatic carbocycles. The third-order valence-corrected chi connectivity index (χ3v) is 3.10. The van der Waals surface area contributed by atoms with E-state index in [2.05, 4.69) is 0 Å². The van der Waals surface area contributed by atoms with Gasteiger partial charge in [-0.1, -0.05) is 0 Å². The molecule has 1 aliphatic rings. The van der Waals surface area contributed by atoms with Crippen LogP contribution in [0.3, 0.4) is 0 Å². The summed E-state index contributed by atoms with van der Waals surface area (Å²) in [4.78, 5) is 13.9. The van der Waals surface area contributed by atoms with Crippen molar-refractivity contribution in [3.8, 4) is 0 Å². The summed E-state index contributed by atoms with van der Waals surface area (Å²) >= 11 is 0. The Hall–Kier alpha value is -0.610. The summed E-state index contributed by atoms with van der Waals surface area (Å²) in [5.74, 6) is 0.162. The van der Waals surface area contributed by atoms with Gasteiger partial charge in [0.1, 0.15) is 0 Å². The molecule has 4 heteroatoms. The van der Waals surface area contributed by atoms with Crippen molar-refractivity contribution in [1.82, 2.24) is 4.90 Å². The van der Waals surface area contributed by atoms with E-state index in [4.69, 9.17) is 10.5 Å². The van der Waals surface area contributed by atoms with Crippen LogP contribution in [0.2, 0.25) is 0 Å². The summed E-state index contributed by atoms with van der Waals surface area (Å²) in [6.07, 6.45) is 2.54. The van der Waals surface area contributed by atoms with E-state index in [0.29, 0.717) is 13.0 Å². The minimum Gasteiger partial charge on any atom is -0.378 e. The molecule has 2 N–H and O–H groups in total. The Labute approximate surface area is 91.8 Å². The zero-order valence-corrected chi connectivity index (χ0v) is 9.95. The van der Waals surface area contributed by atoms with Crippen molar-refractivity contribution >= 4 is 5.91 Å². The average molecular weight is 214 g/mol. The fourth-order valence-corrected chi connectivity index (χ4v) is 1.95. The van der Waals surface area contributed by atoms with E-state index in [0.717, 1.165) is 19.4 Å². The van der Waals surface area contributed by atoms with Gasteiger partial charge in [-0.25, -0.2) is 0 Å². The highest BCUT2D eigenvalue weighted by Crippen LogP contribution is 2.21. The second kappa shape index (κ2) is 4.94. The highest BCUT2D eigenvalue weighted by molar-refractivity contribution is 5.77. The first kappa shape index (κ1) is 12.5. The molecule has 0 aromatic carbocycles. The summed E-state index contributed by atoms with van der Waals surface area (Å²) in [6.45, 7) is 5.27. The number of nitrogens with zero attached hydrogens (tertiary/aromatic N) is 1. The van der Waals surface area contributed by atoms with Crippen molar-refractivity contribution in [3.05, 3.63) is 0 Å². The fourth-order valence-electron chi connectivity index (χ4n) is 1.95. The quantitative estimate of drug-likeness (QED) is 0.751. The SMILES string of the molecule is COC(C)(C)CC(=O)N1CCCC1CN. The van der Waals surface area contributed by atoms with Crippen molar-refractivity contribution in [1.29, 1.82) is 0 Å². The molecule has 0 radical (unpaired) electrons. The molecule has 1 fully saturated rings. The van der Waals surface area contributed by atoms with Gasteiger partial charge < -0.3 is 15.4 Å². The number of ether oxygens (including phenoxy) is 1. The van der Waals surface area contributed by atoms with Gasteiger partial charge in [-0.05, 0) is 26.7 Å². The number of carbonyl (C=O) groups is 1. The van der Waals surface area contributed by atoms with E-state index < -0.39 is 0 Å². The molecular weight excluding hydrogens is 192 g/mol. The normalized spacial score (nSPS) is 22.1. The lowest BCUT2D eigenvalue weighted by molar-refractivity contribution is -0.137. The van der Waals surface area contributed by atoms with Crippen molar-refractivity contribution in [3.63, 3.8) is 0 Å². The molecule has 0 aromatic heterocycles. The predicted octanol–water partition coefficient (Wildman–Crippen LogP) is 0.751. The van der Waals surface area contributed by atoms with Gasteiger partial charge in [-0.3, -0.25) is 4.79 Å². The molecule has 0 spiro atoms. The summed E-state index contributed by atoms with van der Waals surface area (Å²) < 4.78 is 5.26. The third-order valence-electron chi connectivity index (χ3n) is 3.10. The molecule has 1 heterocycles. The van der Waals surface area contributed by atoms with Crippen LogP contribution in [0.1, 0.15) is 33.1 Å². The van der Waals surface area contributed by atoms with Crippen LogP contribution >= 0.6 is 0 Å². The Morgan fingerprint density at radius 1 is 1.60 bits per heavy atom. The maximum atomic E-state index is 12.0. The summed E-state index contributed by atoms with van der Waals surface area (Å²) in [7, 11) is 1.64. The summed E-state index contributed by atoms with van der Waals surface area (Å²) in [5, 5.41) is 0. The van der Waals surface area contributed by atoms with Crippen molar-refractivity contribution < 1.29 is 9.53 Å². The highest BCUT2D eigenvalue weighted by atomic mass is 16.5. The van der Waals surface area contributed by atoms with Crippen LogP contribution in [-0.2, 0) is 9.53 Å². The molecular formula is C11H22N2O2. The molecule has 88 valence electrons. The lowest BCUT2D eigenvalue weighted by Crippen LogP contribution is -2.43. The molecule has 0 aromatic rings. The molecule has 1 saturated heterocycles. The number of likely N-dealkylation sites (tertiary alicyclic amines) is 1. The van der Waals surface area contributed by atoms with Gasteiger partial charge >= 0.3 is 0 Å². The molecule has 0 bridgehead atoms. The van der Waals surface area contributed by atoms with Gasteiger partial charge in [0.2, 0.25) is 5.91 Å². The lowest BCUT2D eigenvalue weighted by atomic mass is 10.0. The van der Waals surface area contributed by atoms with Gasteiger partial charge in [0.25, 0.3) is 0 Å². The van der Waals surface area contributed by atoms with Gasteiger partial charge in [0.15, 0.2) is 0 Å². The van der Waals surface area contributed by atoms with Crippen LogP contribution in [-0.4, -0.2) is 42.6 Å². The fraction of sp³-hybridized carbons (Fsp3) is 0.909. The molecule has 1 aliphatic heterocycles. The Kier molecular flexibility index (Phi) is 4.11. The predicted molar refractivity (Wildman–Crippen MR) is 59.5 cm³/mol. The highest BCUT2D eigenvalue weighted by Gasteiger charge is 2.31. The average Bonchev–Trinajstić information content (AvgIpc) is 2.64. The smallest absolute Gasteiger partial charge is 0.225 e. The van der Waals surface area contributed by atoms with Crippen LogP contribution < -0.4 is 5.73 Å². The van der Waals surface area contributed by atoms with E-state index in [9.17, 15) is 4.79 Å². The van der Waals surface area contributed by atoms with Crippen molar-refractivity contribution in [2.24, 2.45) is 5.73 Å². The van der Waals surface area contributed by atoms with E-state index in [-0.39, 0.29) is 17.6 Å². The van der Waals surface area contributed by atoms with Crippen LogP contribution in [0.4, 0.5) is 0 Å². The van der Waals surface area contributed by atoms with Crippen molar-refractivity contribution in [2.75, 3.05) is 20.2 Å². The minimum absolute atomic E-state index is 0.162. The standard InChI is InChI=1S/C11H22N2O2/c1-11(2,15-3)7-10(14)13-6-4-5-9(13)8-12/h9H,4-8,12H2,1-3H3. The van der Waals surface area contributed by atoms with Crippen LogP contribution in [0.5, 0.6) is 0 Å². The Bertz CT molecular complexity index is 229.